The van der Waals surface area contributed by atoms with Gasteiger partial charge in [0, 0.05) is 26.2 Å². The van der Waals surface area contributed by atoms with Gasteiger partial charge in [-0.3, -0.25) is 14.5 Å². The lowest BCUT2D eigenvalue weighted by Gasteiger charge is -2.26. The van der Waals surface area contributed by atoms with E-state index in [2.05, 4.69) is 15.5 Å². The average Bonchev–Trinajstić information content (AvgIpc) is 2.52. The van der Waals surface area contributed by atoms with Crippen molar-refractivity contribution in [3.8, 4) is 0 Å². The largest absolute Gasteiger partial charge is 0.397 e. The fourth-order valence-electron chi connectivity index (χ4n) is 2.19. The second kappa shape index (κ2) is 7.77. The van der Waals surface area contributed by atoms with Gasteiger partial charge in [-0.1, -0.05) is 6.07 Å². The molecule has 2 amide bonds. The summed E-state index contributed by atoms with van der Waals surface area (Å²) in [6.07, 6.45) is 0. The number of nitrogen functional groups attached to an aromatic ring is 1. The average molecular weight is 306 g/mol. The lowest BCUT2D eigenvalue weighted by Crippen LogP contribution is -2.43. The normalized spacial score (nSPS) is 15.3. The van der Waals surface area contributed by atoms with Gasteiger partial charge in [0.2, 0.25) is 0 Å². The van der Waals surface area contributed by atoms with E-state index in [4.69, 9.17) is 10.5 Å². The van der Waals surface area contributed by atoms with Crippen molar-refractivity contribution in [3.05, 3.63) is 23.8 Å². The number of benzene rings is 1. The second-order valence-electron chi connectivity index (χ2n) is 5.25. The van der Waals surface area contributed by atoms with Crippen LogP contribution in [0.4, 0.5) is 11.4 Å². The number of anilines is 2. The van der Waals surface area contributed by atoms with E-state index in [1.807, 2.05) is 13.0 Å². The van der Waals surface area contributed by atoms with E-state index in [0.29, 0.717) is 37.7 Å². The summed E-state index contributed by atoms with van der Waals surface area (Å²) < 4.78 is 5.25. The fraction of sp³-hybridized carbons (Fsp3) is 0.467. The highest BCUT2D eigenvalue weighted by Crippen LogP contribution is 2.19. The van der Waals surface area contributed by atoms with Gasteiger partial charge in [-0.15, -0.1) is 0 Å². The van der Waals surface area contributed by atoms with E-state index in [9.17, 15) is 9.59 Å². The van der Waals surface area contributed by atoms with Crippen molar-refractivity contribution in [2.45, 2.75) is 6.92 Å². The molecule has 0 aliphatic carbocycles. The highest BCUT2D eigenvalue weighted by molar-refractivity contribution is 6.39. The molecule has 22 heavy (non-hydrogen) atoms. The van der Waals surface area contributed by atoms with Crippen molar-refractivity contribution in [2.24, 2.45) is 0 Å². The Morgan fingerprint density at radius 1 is 1.27 bits per heavy atom. The van der Waals surface area contributed by atoms with Crippen LogP contribution in [-0.4, -0.2) is 56.1 Å². The quantitative estimate of drug-likeness (QED) is 0.536. The van der Waals surface area contributed by atoms with E-state index in [1.165, 1.54) is 0 Å². The van der Waals surface area contributed by atoms with Crippen LogP contribution in [-0.2, 0) is 14.3 Å². The molecule has 0 atom stereocenters. The number of nitrogens with one attached hydrogen (secondary N) is 2. The van der Waals surface area contributed by atoms with Gasteiger partial charge in [0.25, 0.3) is 0 Å². The Morgan fingerprint density at radius 2 is 2.00 bits per heavy atom. The van der Waals surface area contributed by atoms with Gasteiger partial charge in [0.15, 0.2) is 0 Å². The summed E-state index contributed by atoms with van der Waals surface area (Å²) in [6.45, 7) is 6.13. The molecular formula is C15H22N4O3. The zero-order chi connectivity index (χ0) is 15.9. The predicted octanol–water partition coefficient (Wildman–Crippen LogP) is -0.0359. The lowest BCUT2D eigenvalue weighted by molar-refractivity contribution is -0.136. The molecule has 0 bridgehead atoms. The summed E-state index contributed by atoms with van der Waals surface area (Å²) in [4.78, 5) is 25.8. The van der Waals surface area contributed by atoms with Crippen molar-refractivity contribution >= 4 is 23.2 Å². The number of hydrogen-bond acceptors (Lipinski definition) is 5. The maximum atomic E-state index is 11.8. The number of amides is 2. The SMILES string of the molecule is Cc1ccc(N)c(NC(=O)C(=O)NCCN2CCOCC2)c1. The molecule has 2 rings (SSSR count). The smallest absolute Gasteiger partial charge is 0.313 e. The van der Waals surface area contributed by atoms with Gasteiger partial charge in [-0.2, -0.15) is 0 Å². The highest BCUT2D eigenvalue weighted by Gasteiger charge is 2.16. The molecular weight excluding hydrogens is 284 g/mol. The zero-order valence-corrected chi connectivity index (χ0v) is 12.7. The minimum atomic E-state index is -0.709. The third-order valence-electron chi connectivity index (χ3n) is 3.48. The van der Waals surface area contributed by atoms with E-state index >= 15 is 0 Å². The van der Waals surface area contributed by atoms with E-state index in [0.717, 1.165) is 18.7 Å². The zero-order valence-electron chi connectivity index (χ0n) is 12.7. The predicted molar refractivity (Wildman–Crippen MR) is 84.5 cm³/mol. The molecule has 0 aromatic heterocycles. The first-order valence-electron chi connectivity index (χ1n) is 7.31. The molecule has 120 valence electrons. The van der Waals surface area contributed by atoms with Crippen LogP contribution in [0.1, 0.15) is 5.56 Å². The van der Waals surface area contributed by atoms with E-state index < -0.39 is 11.8 Å². The van der Waals surface area contributed by atoms with Crippen molar-refractivity contribution in [2.75, 3.05) is 50.4 Å². The molecule has 1 saturated heterocycles. The monoisotopic (exact) mass is 306 g/mol. The van der Waals surface area contributed by atoms with Crippen LogP contribution in [0.5, 0.6) is 0 Å². The lowest BCUT2D eigenvalue weighted by atomic mass is 10.2. The highest BCUT2D eigenvalue weighted by atomic mass is 16.5. The molecule has 0 unspecified atom stereocenters. The van der Waals surface area contributed by atoms with Gasteiger partial charge >= 0.3 is 11.8 Å². The first-order valence-corrected chi connectivity index (χ1v) is 7.31. The number of nitrogens with zero attached hydrogens (tertiary/aromatic N) is 1. The maximum absolute atomic E-state index is 11.8. The molecule has 0 saturated carbocycles. The van der Waals surface area contributed by atoms with Crippen molar-refractivity contribution in [1.29, 1.82) is 0 Å². The molecule has 0 spiro atoms. The Kier molecular flexibility index (Phi) is 5.74. The van der Waals surface area contributed by atoms with Crippen LogP contribution in [0.2, 0.25) is 0 Å². The van der Waals surface area contributed by atoms with Crippen LogP contribution in [0.3, 0.4) is 0 Å². The van der Waals surface area contributed by atoms with Crippen LogP contribution in [0.25, 0.3) is 0 Å². The topological polar surface area (TPSA) is 96.7 Å². The van der Waals surface area contributed by atoms with Crippen LogP contribution >= 0.6 is 0 Å². The number of morpholine rings is 1. The first-order chi connectivity index (χ1) is 10.6. The van der Waals surface area contributed by atoms with Gasteiger partial charge in [-0.05, 0) is 24.6 Å². The Hall–Kier alpha value is -2.12. The molecule has 4 N–H and O–H groups in total. The molecule has 1 aliphatic heterocycles. The summed E-state index contributed by atoms with van der Waals surface area (Å²) in [5.41, 5.74) is 7.61. The molecule has 1 aliphatic rings. The number of carbonyl (C=O) groups excluding carboxylic acids is 2. The number of nitrogens with two attached hydrogens (primary N) is 1. The number of rotatable bonds is 4. The molecule has 1 fully saturated rings. The second-order valence-corrected chi connectivity index (χ2v) is 5.25. The fourth-order valence-corrected chi connectivity index (χ4v) is 2.19. The summed E-state index contributed by atoms with van der Waals surface area (Å²) in [5.74, 6) is -1.37. The molecule has 1 heterocycles. The molecule has 1 aromatic rings. The van der Waals surface area contributed by atoms with Gasteiger partial charge in [0.1, 0.15) is 0 Å². The van der Waals surface area contributed by atoms with Crippen LogP contribution < -0.4 is 16.4 Å². The van der Waals surface area contributed by atoms with Crippen molar-refractivity contribution in [3.63, 3.8) is 0 Å². The standard InChI is InChI=1S/C15H22N4O3/c1-11-2-3-12(16)13(10-11)18-15(21)14(20)17-4-5-19-6-8-22-9-7-19/h2-3,10H,4-9,16H2,1H3,(H,17,20)(H,18,21). The number of aryl methyl sites for hydroxylation is 1. The Labute approximate surface area is 129 Å². The summed E-state index contributed by atoms with van der Waals surface area (Å²) in [5, 5.41) is 5.14. The third kappa shape index (κ3) is 4.71. The minimum absolute atomic E-state index is 0.426. The maximum Gasteiger partial charge on any atom is 0.313 e. The third-order valence-corrected chi connectivity index (χ3v) is 3.48. The molecule has 1 aromatic carbocycles. The minimum Gasteiger partial charge on any atom is -0.397 e. The van der Waals surface area contributed by atoms with Crippen LogP contribution in [0.15, 0.2) is 18.2 Å². The molecule has 7 heteroatoms. The van der Waals surface area contributed by atoms with Crippen molar-refractivity contribution < 1.29 is 14.3 Å². The summed E-state index contributed by atoms with van der Waals surface area (Å²) in [7, 11) is 0. The summed E-state index contributed by atoms with van der Waals surface area (Å²) >= 11 is 0. The first kappa shape index (κ1) is 16.3. The van der Waals surface area contributed by atoms with Gasteiger partial charge in [0.05, 0.1) is 24.6 Å². The van der Waals surface area contributed by atoms with Gasteiger partial charge in [-0.25, -0.2) is 0 Å². The number of ether oxygens (including phenoxy) is 1. The number of carbonyl (C=O) groups is 2. The molecule has 7 nitrogen and oxygen atoms in total. The van der Waals surface area contributed by atoms with Gasteiger partial charge < -0.3 is 21.1 Å². The Morgan fingerprint density at radius 3 is 2.73 bits per heavy atom. The summed E-state index contributed by atoms with van der Waals surface area (Å²) in [6, 6.07) is 5.27. The number of hydrogen-bond donors (Lipinski definition) is 3. The Bertz CT molecular complexity index is 542. The Balaban J connectivity index is 1.76. The van der Waals surface area contributed by atoms with E-state index in [1.54, 1.807) is 12.1 Å². The van der Waals surface area contributed by atoms with Crippen LogP contribution in [0, 0.1) is 6.92 Å². The van der Waals surface area contributed by atoms with E-state index in [-0.39, 0.29) is 0 Å². The van der Waals surface area contributed by atoms with Crippen molar-refractivity contribution in [1.82, 2.24) is 10.2 Å². The molecule has 0 radical (unpaired) electrons.